The summed E-state index contributed by atoms with van der Waals surface area (Å²) in [5.74, 6) is -2.02. The van der Waals surface area contributed by atoms with E-state index in [1.165, 1.54) is 11.3 Å². The van der Waals surface area contributed by atoms with E-state index < -0.39 is 36.0 Å². The zero-order chi connectivity index (χ0) is 21.2. The van der Waals surface area contributed by atoms with Crippen LogP contribution in [0.25, 0.3) is 0 Å². The molecule has 2 heterocycles. The van der Waals surface area contributed by atoms with E-state index in [9.17, 15) is 19.2 Å². The number of carbonyl (C=O) groups is 4. The number of ether oxygens (including phenoxy) is 1. The number of thiophene rings is 1. The van der Waals surface area contributed by atoms with E-state index in [0.717, 1.165) is 9.75 Å². The second-order valence-electron chi connectivity index (χ2n) is 6.63. The van der Waals surface area contributed by atoms with Gasteiger partial charge >= 0.3 is 12.0 Å². The molecule has 2 N–H and O–H groups in total. The Morgan fingerprint density at radius 1 is 1.21 bits per heavy atom. The van der Waals surface area contributed by atoms with E-state index in [4.69, 9.17) is 4.74 Å². The van der Waals surface area contributed by atoms with E-state index in [0.29, 0.717) is 22.6 Å². The van der Waals surface area contributed by atoms with Gasteiger partial charge in [0.2, 0.25) is 0 Å². The molecule has 9 heteroatoms. The number of nitrogens with zero attached hydrogens (tertiary/aromatic N) is 1. The van der Waals surface area contributed by atoms with E-state index in [-0.39, 0.29) is 0 Å². The van der Waals surface area contributed by atoms with Crippen LogP contribution in [0.5, 0.6) is 0 Å². The number of esters is 1. The molecule has 2 aromatic rings. The Bertz CT molecular complexity index is 972. The minimum absolute atomic E-state index is 0.305. The number of urea groups is 1. The second kappa shape index (κ2) is 8.04. The number of amides is 4. The fraction of sp³-hybridized carbons (Fsp3) is 0.300. The van der Waals surface area contributed by atoms with Crippen LogP contribution < -0.4 is 10.7 Å². The molecule has 0 radical (unpaired) electrons. The SMILES string of the molecule is CC[C@]1(c2ccccc2)NC(=O)N(NC(=O)COC(=O)c2cc(C)sc2C)C1=O. The summed E-state index contributed by atoms with van der Waals surface area (Å²) in [6, 6.07) is 9.75. The lowest BCUT2D eigenvalue weighted by Gasteiger charge is -2.25. The molecule has 29 heavy (non-hydrogen) atoms. The van der Waals surface area contributed by atoms with E-state index in [1.807, 2.05) is 6.92 Å². The molecule has 1 aromatic carbocycles. The van der Waals surface area contributed by atoms with E-state index >= 15 is 0 Å². The van der Waals surface area contributed by atoms with Gasteiger partial charge in [-0.25, -0.2) is 9.59 Å². The van der Waals surface area contributed by atoms with Crippen molar-refractivity contribution < 1.29 is 23.9 Å². The number of nitrogens with one attached hydrogen (secondary N) is 2. The Balaban J connectivity index is 1.66. The van der Waals surface area contributed by atoms with Crippen molar-refractivity contribution in [1.29, 1.82) is 0 Å². The fourth-order valence-electron chi connectivity index (χ4n) is 3.24. The number of carbonyl (C=O) groups excluding carboxylic acids is 4. The largest absolute Gasteiger partial charge is 0.452 e. The molecule has 1 aromatic heterocycles. The monoisotopic (exact) mass is 415 g/mol. The predicted molar refractivity (Wildman–Crippen MR) is 106 cm³/mol. The maximum Gasteiger partial charge on any atom is 0.344 e. The first-order chi connectivity index (χ1) is 13.8. The number of hydrogen-bond acceptors (Lipinski definition) is 6. The molecule has 1 saturated heterocycles. The third kappa shape index (κ3) is 3.86. The summed E-state index contributed by atoms with van der Waals surface area (Å²) >= 11 is 1.45. The number of hydrazine groups is 1. The number of rotatable bonds is 6. The molecule has 0 unspecified atom stereocenters. The minimum atomic E-state index is -1.26. The molecule has 0 spiro atoms. The van der Waals surface area contributed by atoms with Crippen LogP contribution in [0, 0.1) is 13.8 Å². The lowest BCUT2D eigenvalue weighted by atomic mass is 9.87. The molecule has 1 fully saturated rings. The molecule has 1 atom stereocenters. The molecule has 152 valence electrons. The lowest BCUT2D eigenvalue weighted by Crippen LogP contribution is -2.49. The van der Waals surface area contributed by atoms with Gasteiger partial charge in [-0.3, -0.25) is 15.0 Å². The van der Waals surface area contributed by atoms with Crippen LogP contribution in [-0.2, 0) is 19.9 Å². The van der Waals surface area contributed by atoms with Crippen molar-refractivity contribution in [3.05, 3.63) is 57.3 Å². The molecule has 1 aliphatic rings. The summed E-state index contributed by atoms with van der Waals surface area (Å²) in [6.07, 6.45) is 0.305. The lowest BCUT2D eigenvalue weighted by molar-refractivity contribution is -0.140. The molecular formula is C20H21N3O5S. The maximum atomic E-state index is 12.9. The highest BCUT2D eigenvalue weighted by molar-refractivity contribution is 7.12. The minimum Gasteiger partial charge on any atom is -0.452 e. The average Bonchev–Trinajstić information content (AvgIpc) is 3.17. The van der Waals surface area contributed by atoms with Crippen molar-refractivity contribution in [1.82, 2.24) is 15.8 Å². The van der Waals surface area contributed by atoms with Gasteiger partial charge in [-0.05, 0) is 31.9 Å². The van der Waals surface area contributed by atoms with Crippen molar-refractivity contribution in [3.63, 3.8) is 0 Å². The number of aryl methyl sites for hydroxylation is 2. The number of hydrogen-bond donors (Lipinski definition) is 2. The summed E-state index contributed by atoms with van der Waals surface area (Å²) in [4.78, 5) is 51.3. The van der Waals surface area contributed by atoms with Gasteiger partial charge in [-0.2, -0.15) is 5.01 Å². The number of benzene rings is 1. The van der Waals surface area contributed by atoms with Crippen LogP contribution in [-0.4, -0.2) is 35.4 Å². The first kappa shape index (κ1) is 20.5. The Hall–Kier alpha value is -3.20. The van der Waals surface area contributed by atoms with Crippen molar-refractivity contribution in [3.8, 4) is 0 Å². The molecule has 3 rings (SSSR count). The summed E-state index contributed by atoms with van der Waals surface area (Å²) in [7, 11) is 0. The molecule has 0 aliphatic carbocycles. The fourth-order valence-corrected chi connectivity index (χ4v) is 4.15. The first-order valence-electron chi connectivity index (χ1n) is 9.04. The number of imide groups is 1. The Morgan fingerprint density at radius 2 is 1.90 bits per heavy atom. The van der Waals surface area contributed by atoms with Gasteiger partial charge in [-0.15, -0.1) is 11.3 Å². The summed E-state index contributed by atoms with van der Waals surface area (Å²) in [6.45, 7) is 4.80. The summed E-state index contributed by atoms with van der Waals surface area (Å²) in [5.41, 5.74) is 1.98. The molecule has 4 amide bonds. The topological polar surface area (TPSA) is 105 Å². The first-order valence-corrected chi connectivity index (χ1v) is 9.86. The van der Waals surface area contributed by atoms with Crippen LogP contribution in [0.4, 0.5) is 4.79 Å². The van der Waals surface area contributed by atoms with Gasteiger partial charge in [0.15, 0.2) is 6.61 Å². The Labute approximate surface area is 171 Å². The molecule has 1 aliphatic heterocycles. The van der Waals surface area contributed by atoms with Crippen molar-refractivity contribution in [2.45, 2.75) is 32.7 Å². The molecular weight excluding hydrogens is 394 g/mol. The summed E-state index contributed by atoms with van der Waals surface area (Å²) in [5, 5.41) is 3.29. The Morgan fingerprint density at radius 3 is 2.48 bits per heavy atom. The van der Waals surface area contributed by atoms with E-state index in [1.54, 1.807) is 50.2 Å². The van der Waals surface area contributed by atoms with Crippen LogP contribution in [0.2, 0.25) is 0 Å². The van der Waals surface area contributed by atoms with Gasteiger partial charge in [0.1, 0.15) is 5.54 Å². The van der Waals surface area contributed by atoms with Crippen molar-refractivity contribution in [2.75, 3.05) is 6.61 Å². The second-order valence-corrected chi connectivity index (χ2v) is 8.09. The van der Waals surface area contributed by atoms with Crippen molar-refractivity contribution >= 4 is 35.2 Å². The molecule has 8 nitrogen and oxygen atoms in total. The van der Waals surface area contributed by atoms with Crippen LogP contribution >= 0.6 is 11.3 Å². The standard InChI is InChI=1S/C20H21N3O5S/c1-4-20(14-8-6-5-7-9-14)18(26)23(19(27)21-20)22-16(24)11-28-17(25)15-10-12(2)29-13(15)3/h5-10H,4,11H2,1-3H3,(H,21,27)(H,22,24)/t20-/m1/s1. The zero-order valence-electron chi connectivity index (χ0n) is 16.3. The Kier molecular flexibility index (Phi) is 5.69. The van der Waals surface area contributed by atoms with Gasteiger partial charge in [0, 0.05) is 9.75 Å². The smallest absolute Gasteiger partial charge is 0.344 e. The zero-order valence-corrected chi connectivity index (χ0v) is 17.1. The third-order valence-corrected chi connectivity index (χ3v) is 5.69. The molecule has 0 saturated carbocycles. The highest BCUT2D eigenvalue weighted by Gasteiger charge is 2.52. The van der Waals surface area contributed by atoms with Crippen LogP contribution in [0.15, 0.2) is 36.4 Å². The average molecular weight is 415 g/mol. The molecule has 0 bridgehead atoms. The highest BCUT2D eigenvalue weighted by Crippen LogP contribution is 2.31. The van der Waals surface area contributed by atoms with Crippen LogP contribution in [0.3, 0.4) is 0 Å². The quantitative estimate of drug-likeness (QED) is 0.557. The van der Waals surface area contributed by atoms with Gasteiger partial charge in [-0.1, -0.05) is 37.3 Å². The highest BCUT2D eigenvalue weighted by atomic mass is 32.1. The van der Waals surface area contributed by atoms with Gasteiger partial charge in [0.25, 0.3) is 11.8 Å². The van der Waals surface area contributed by atoms with Crippen LogP contribution in [0.1, 0.15) is 39.0 Å². The third-order valence-electron chi connectivity index (χ3n) is 4.72. The maximum absolute atomic E-state index is 12.9. The van der Waals surface area contributed by atoms with Crippen molar-refractivity contribution in [2.24, 2.45) is 0 Å². The van der Waals surface area contributed by atoms with Gasteiger partial charge < -0.3 is 10.1 Å². The predicted octanol–water partition coefficient (Wildman–Crippen LogP) is 2.41. The van der Waals surface area contributed by atoms with Gasteiger partial charge in [0.05, 0.1) is 5.56 Å². The van der Waals surface area contributed by atoms with E-state index in [2.05, 4.69) is 10.7 Å². The normalized spacial score (nSPS) is 18.5. The summed E-state index contributed by atoms with van der Waals surface area (Å²) < 4.78 is 5.01.